The largest absolute Gasteiger partial charge is 0.481 e. The molecule has 1 aliphatic rings. The molecule has 110 valence electrons. The minimum Gasteiger partial charge on any atom is -0.481 e. The first-order chi connectivity index (χ1) is 8.70. The minimum absolute atomic E-state index is 0.270. The van der Waals surface area contributed by atoms with E-state index >= 15 is 0 Å². The third-order valence-electron chi connectivity index (χ3n) is 3.17. The molecule has 5 nitrogen and oxygen atoms in total. The Kier molecular flexibility index (Phi) is 5.02. The SMILES string of the molecule is CN(CCC(F)(F)F)C(=O)N1CCC(C(=O)O)CC1. The molecule has 0 aromatic rings. The number of amides is 2. The molecule has 0 bridgehead atoms. The van der Waals surface area contributed by atoms with Crippen LogP contribution in [0.1, 0.15) is 19.3 Å². The van der Waals surface area contributed by atoms with Gasteiger partial charge in [-0.3, -0.25) is 4.79 Å². The first-order valence-corrected chi connectivity index (χ1v) is 6.00. The summed E-state index contributed by atoms with van der Waals surface area (Å²) >= 11 is 0. The highest BCUT2D eigenvalue weighted by Crippen LogP contribution is 2.21. The second-order valence-corrected chi connectivity index (χ2v) is 4.67. The van der Waals surface area contributed by atoms with Crippen molar-refractivity contribution in [3.05, 3.63) is 0 Å². The Morgan fingerprint density at radius 2 is 1.84 bits per heavy atom. The number of carboxylic acid groups (broad SMARTS) is 1. The van der Waals surface area contributed by atoms with Crippen LogP contribution in [0.15, 0.2) is 0 Å². The molecule has 0 aromatic heterocycles. The fraction of sp³-hybridized carbons (Fsp3) is 0.818. The molecule has 1 aliphatic heterocycles. The van der Waals surface area contributed by atoms with Gasteiger partial charge in [0.25, 0.3) is 0 Å². The summed E-state index contributed by atoms with van der Waals surface area (Å²) in [6, 6.07) is -0.479. The van der Waals surface area contributed by atoms with E-state index in [0.717, 1.165) is 4.90 Å². The van der Waals surface area contributed by atoms with Gasteiger partial charge >= 0.3 is 18.2 Å². The van der Waals surface area contributed by atoms with E-state index in [1.807, 2.05) is 0 Å². The van der Waals surface area contributed by atoms with Crippen molar-refractivity contribution in [1.29, 1.82) is 0 Å². The van der Waals surface area contributed by atoms with Gasteiger partial charge in [0.05, 0.1) is 12.3 Å². The molecular formula is C11H17F3N2O3. The molecule has 8 heteroatoms. The van der Waals surface area contributed by atoms with E-state index in [0.29, 0.717) is 12.8 Å². The molecule has 0 atom stereocenters. The van der Waals surface area contributed by atoms with Crippen molar-refractivity contribution in [3.63, 3.8) is 0 Å². The van der Waals surface area contributed by atoms with E-state index < -0.39 is 30.5 Å². The Morgan fingerprint density at radius 3 is 2.26 bits per heavy atom. The number of aliphatic carboxylic acids is 1. The van der Waals surface area contributed by atoms with Crippen molar-refractivity contribution in [3.8, 4) is 0 Å². The van der Waals surface area contributed by atoms with Gasteiger partial charge in [0.2, 0.25) is 0 Å². The first kappa shape index (κ1) is 15.6. The zero-order valence-corrected chi connectivity index (χ0v) is 10.6. The lowest BCUT2D eigenvalue weighted by Gasteiger charge is -2.33. The molecule has 19 heavy (non-hydrogen) atoms. The van der Waals surface area contributed by atoms with E-state index in [9.17, 15) is 22.8 Å². The zero-order chi connectivity index (χ0) is 14.6. The molecule has 1 heterocycles. The van der Waals surface area contributed by atoms with Gasteiger partial charge < -0.3 is 14.9 Å². The highest BCUT2D eigenvalue weighted by Gasteiger charge is 2.31. The maximum atomic E-state index is 12.0. The Morgan fingerprint density at radius 1 is 1.32 bits per heavy atom. The Balaban J connectivity index is 2.40. The Hall–Kier alpha value is -1.47. The lowest BCUT2D eigenvalue weighted by molar-refractivity contribution is -0.143. The zero-order valence-electron chi connectivity index (χ0n) is 10.6. The lowest BCUT2D eigenvalue weighted by atomic mass is 9.97. The fourth-order valence-electron chi connectivity index (χ4n) is 1.95. The molecular weight excluding hydrogens is 265 g/mol. The second-order valence-electron chi connectivity index (χ2n) is 4.67. The Labute approximate surface area is 109 Å². The third kappa shape index (κ3) is 4.96. The van der Waals surface area contributed by atoms with Gasteiger partial charge in [-0.05, 0) is 12.8 Å². The van der Waals surface area contributed by atoms with Crippen molar-refractivity contribution in [2.24, 2.45) is 5.92 Å². The van der Waals surface area contributed by atoms with Gasteiger partial charge in [0.1, 0.15) is 0 Å². The van der Waals surface area contributed by atoms with E-state index in [-0.39, 0.29) is 19.6 Å². The first-order valence-electron chi connectivity index (χ1n) is 6.00. The van der Waals surface area contributed by atoms with Crippen LogP contribution < -0.4 is 0 Å². The van der Waals surface area contributed by atoms with Gasteiger partial charge in [-0.1, -0.05) is 0 Å². The average molecular weight is 282 g/mol. The summed E-state index contributed by atoms with van der Waals surface area (Å²) in [5, 5.41) is 8.81. The van der Waals surface area contributed by atoms with E-state index in [1.54, 1.807) is 0 Å². The monoisotopic (exact) mass is 282 g/mol. The van der Waals surface area contributed by atoms with Crippen LogP contribution in [0.4, 0.5) is 18.0 Å². The minimum atomic E-state index is -4.29. The summed E-state index contributed by atoms with van der Waals surface area (Å²) < 4.78 is 36.1. The van der Waals surface area contributed by atoms with Crippen molar-refractivity contribution >= 4 is 12.0 Å². The van der Waals surface area contributed by atoms with Crippen LogP contribution in [0.25, 0.3) is 0 Å². The number of rotatable bonds is 3. The number of carbonyl (C=O) groups excluding carboxylic acids is 1. The molecule has 2 amide bonds. The van der Waals surface area contributed by atoms with Gasteiger partial charge in [-0.15, -0.1) is 0 Å². The van der Waals surface area contributed by atoms with Crippen molar-refractivity contribution in [1.82, 2.24) is 9.80 Å². The predicted octanol–water partition coefficient (Wildman–Crippen LogP) is 1.79. The molecule has 1 fully saturated rings. The van der Waals surface area contributed by atoms with Crippen LogP contribution in [0.2, 0.25) is 0 Å². The van der Waals surface area contributed by atoms with Crippen LogP contribution in [0.3, 0.4) is 0 Å². The summed E-state index contributed by atoms with van der Waals surface area (Å²) in [7, 11) is 1.32. The summed E-state index contributed by atoms with van der Waals surface area (Å²) in [6.07, 6.45) is -4.64. The lowest BCUT2D eigenvalue weighted by Crippen LogP contribution is -2.46. The van der Waals surface area contributed by atoms with E-state index in [1.165, 1.54) is 11.9 Å². The van der Waals surface area contributed by atoms with Gasteiger partial charge in [-0.25, -0.2) is 4.79 Å². The van der Waals surface area contributed by atoms with Crippen LogP contribution >= 0.6 is 0 Å². The number of hydrogen-bond acceptors (Lipinski definition) is 2. The van der Waals surface area contributed by atoms with Crippen molar-refractivity contribution in [2.45, 2.75) is 25.4 Å². The van der Waals surface area contributed by atoms with Gasteiger partial charge in [0, 0.05) is 26.7 Å². The number of halogens is 3. The molecule has 0 radical (unpaired) electrons. The normalized spacial score (nSPS) is 17.4. The number of nitrogens with zero attached hydrogens (tertiary/aromatic N) is 2. The van der Waals surface area contributed by atoms with E-state index in [4.69, 9.17) is 5.11 Å². The van der Waals surface area contributed by atoms with Crippen molar-refractivity contribution in [2.75, 3.05) is 26.7 Å². The molecule has 1 rings (SSSR count). The van der Waals surface area contributed by atoms with Crippen LogP contribution in [-0.2, 0) is 4.79 Å². The number of urea groups is 1. The van der Waals surface area contributed by atoms with Crippen LogP contribution in [-0.4, -0.2) is 59.8 Å². The molecule has 0 spiro atoms. The molecule has 0 unspecified atom stereocenters. The third-order valence-corrected chi connectivity index (χ3v) is 3.17. The second kappa shape index (κ2) is 6.12. The topological polar surface area (TPSA) is 60.9 Å². The predicted molar refractivity (Wildman–Crippen MR) is 60.6 cm³/mol. The fourth-order valence-corrected chi connectivity index (χ4v) is 1.95. The molecule has 1 N–H and O–H groups in total. The highest BCUT2D eigenvalue weighted by molar-refractivity contribution is 5.75. The van der Waals surface area contributed by atoms with E-state index in [2.05, 4.69) is 0 Å². The summed E-state index contributed by atoms with van der Waals surface area (Å²) in [4.78, 5) is 25.0. The van der Waals surface area contributed by atoms with Gasteiger partial charge in [0.15, 0.2) is 0 Å². The average Bonchev–Trinajstić information content (AvgIpc) is 2.34. The summed E-state index contributed by atoms with van der Waals surface area (Å²) in [5.41, 5.74) is 0. The molecule has 0 aromatic carbocycles. The summed E-state index contributed by atoms with van der Waals surface area (Å²) in [5.74, 6) is -1.36. The number of carboxylic acids is 1. The maximum absolute atomic E-state index is 12.0. The Bertz CT molecular complexity index is 339. The smallest absolute Gasteiger partial charge is 0.390 e. The van der Waals surface area contributed by atoms with Crippen molar-refractivity contribution < 1.29 is 27.9 Å². The van der Waals surface area contributed by atoms with Crippen LogP contribution in [0.5, 0.6) is 0 Å². The number of likely N-dealkylation sites (tertiary alicyclic amines) is 1. The number of piperidine rings is 1. The highest BCUT2D eigenvalue weighted by atomic mass is 19.4. The number of alkyl halides is 3. The molecule has 1 saturated heterocycles. The standard InChI is InChI=1S/C11H17F3N2O3/c1-15(7-4-11(12,13)14)10(19)16-5-2-8(3-6-16)9(17)18/h8H,2-7H2,1H3,(H,17,18). The molecule has 0 saturated carbocycles. The number of carbonyl (C=O) groups is 2. The number of hydrogen-bond donors (Lipinski definition) is 1. The summed E-state index contributed by atoms with van der Waals surface area (Å²) in [6.45, 7) is 0.152. The van der Waals surface area contributed by atoms with Gasteiger partial charge in [-0.2, -0.15) is 13.2 Å². The van der Waals surface area contributed by atoms with Crippen LogP contribution in [0, 0.1) is 5.92 Å². The maximum Gasteiger partial charge on any atom is 0.390 e. The quantitative estimate of drug-likeness (QED) is 0.858. The molecule has 0 aliphatic carbocycles.